The molecule has 0 unspecified atom stereocenters. The van der Waals surface area contributed by atoms with Gasteiger partial charge in [0.25, 0.3) is 5.56 Å². The molecule has 0 aliphatic carbocycles. The predicted molar refractivity (Wildman–Crippen MR) is 68.8 cm³/mol. The van der Waals surface area contributed by atoms with Crippen molar-refractivity contribution in [1.82, 2.24) is 9.55 Å². The van der Waals surface area contributed by atoms with Crippen LogP contribution in [0.2, 0.25) is 0 Å². The molecule has 21 heavy (non-hydrogen) atoms. The second-order valence-corrected chi connectivity index (χ2v) is 4.43. The first-order chi connectivity index (χ1) is 9.95. The second kappa shape index (κ2) is 4.76. The molecule has 0 amide bonds. The number of fused-ring (bicyclic) bond motifs is 1. The Kier molecular flexibility index (Phi) is 3.04. The Morgan fingerprint density at radius 2 is 1.90 bits per heavy atom. The first-order valence-electron chi connectivity index (χ1n) is 6.06. The van der Waals surface area contributed by atoms with Crippen molar-refractivity contribution in [3.8, 4) is 0 Å². The zero-order valence-electron chi connectivity index (χ0n) is 10.6. The molecule has 0 bridgehead atoms. The molecular formula is C14H9F3N2O2. The molecule has 1 aromatic carbocycles. The van der Waals surface area contributed by atoms with Gasteiger partial charge in [-0.2, -0.15) is 13.2 Å². The van der Waals surface area contributed by atoms with Crippen molar-refractivity contribution >= 4 is 11.1 Å². The molecule has 4 nitrogen and oxygen atoms in total. The van der Waals surface area contributed by atoms with Crippen LogP contribution in [0.1, 0.15) is 11.5 Å². The monoisotopic (exact) mass is 294 g/mol. The molecule has 0 aliphatic rings. The molecule has 2 aromatic heterocycles. The fraction of sp³-hybridized carbons (Fsp3) is 0.143. The summed E-state index contributed by atoms with van der Waals surface area (Å²) in [5, 5.41) is 0. The molecule has 7 heteroatoms. The van der Waals surface area contributed by atoms with Crippen LogP contribution in [0.4, 0.5) is 13.2 Å². The van der Waals surface area contributed by atoms with Crippen molar-refractivity contribution in [2.75, 3.05) is 0 Å². The maximum atomic E-state index is 12.7. The highest BCUT2D eigenvalue weighted by molar-refractivity contribution is 5.72. The van der Waals surface area contributed by atoms with Crippen LogP contribution < -0.4 is 5.56 Å². The van der Waals surface area contributed by atoms with Crippen LogP contribution in [-0.2, 0) is 12.7 Å². The largest absolute Gasteiger partial charge is 0.439 e. The highest BCUT2D eigenvalue weighted by atomic mass is 19.4. The third-order valence-electron chi connectivity index (χ3n) is 2.97. The Balaban J connectivity index is 2.00. The predicted octanol–water partition coefficient (Wildman–Crippen LogP) is 3.06. The van der Waals surface area contributed by atoms with Crippen LogP contribution in [0.25, 0.3) is 11.1 Å². The summed E-state index contributed by atoms with van der Waals surface area (Å²) in [6, 6.07) is 8.87. The summed E-state index contributed by atoms with van der Waals surface area (Å²) >= 11 is 0. The normalized spacial score (nSPS) is 12.0. The molecule has 0 saturated carbocycles. The first-order valence-corrected chi connectivity index (χ1v) is 6.06. The fourth-order valence-electron chi connectivity index (χ4n) is 2.01. The molecule has 108 valence electrons. The lowest BCUT2D eigenvalue weighted by atomic mass is 10.2. The summed E-state index contributed by atoms with van der Waals surface area (Å²) in [7, 11) is 0. The number of alkyl halides is 3. The lowest BCUT2D eigenvalue weighted by molar-refractivity contribution is -0.138. The van der Waals surface area contributed by atoms with Crippen molar-refractivity contribution in [3.63, 3.8) is 0 Å². The summed E-state index contributed by atoms with van der Waals surface area (Å²) in [5.41, 5.74) is -1.21. The van der Waals surface area contributed by atoms with Gasteiger partial charge in [0.15, 0.2) is 5.58 Å². The van der Waals surface area contributed by atoms with Gasteiger partial charge >= 0.3 is 6.18 Å². The van der Waals surface area contributed by atoms with Crippen molar-refractivity contribution in [1.29, 1.82) is 0 Å². The van der Waals surface area contributed by atoms with Crippen molar-refractivity contribution < 1.29 is 17.6 Å². The van der Waals surface area contributed by atoms with Gasteiger partial charge in [0.1, 0.15) is 17.6 Å². The van der Waals surface area contributed by atoms with E-state index in [0.29, 0.717) is 11.1 Å². The van der Waals surface area contributed by atoms with Crippen molar-refractivity contribution in [2.24, 2.45) is 0 Å². The van der Waals surface area contributed by atoms with E-state index in [1.807, 2.05) is 0 Å². The van der Waals surface area contributed by atoms with Crippen LogP contribution in [0.5, 0.6) is 0 Å². The maximum Gasteiger partial charge on any atom is 0.421 e. The number of halogens is 3. The van der Waals surface area contributed by atoms with Crippen LogP contribution in [0.15, 0.2) is 51.8 Å². The lowest BCUT2D eigenvalue weighted by Crippen LogP contribution is -2.28. The Bertz CT molecular complexity index is 816. The van der Waals surface area contributed by atoms with Gasteiger partial charge in [-0.3, -0.25) is 4.79 Å². The number of oxazole rings is 1. The van der Waals surface area contributed by atoms with Gasteiger partial charge in [-0.05, 0) is 24.3 Å². The number of benzene rings is 1. The zero-order chi connectivity index (χ0) is 15.0. The Morgan fingerprint density at radius 3 is 2.62 bits per heavy atom. The molecular weight excluding hydrogens is 285 g/mol. The highest BCUT2D eigenvalue weighted by Crippen LogP contribution is 2.26. The van der Waals surface area contributed by atoms with Gasteiger partial charge in [-0.25, -0.2) is 4.98 Å². The second-order valence-electron chi connectivity index (χ2n) is 4.43. The van der Waals surface area contributed by atoms with Crippen LogP contribution >= 0.6 is 0 Å². The molecule has 0 N–H and O–H groups in total. The molecule has 0 saturated heterocycles. The van der Waals surface area contributed by atoms with E-state index in [2.05, 4.69) is 4.98 Å². The first kappa shape index (κ1) is 13.4. The van der Waals surface area contributed by atoms with E-state index < -0.39 is 17.3 Å². The summed E-state index contributed by atoms with van der Waals surface area (Å²) in [4.78, 5) is 15.9. The Hall–Kier alpha value is -2.57. The van der Waals surface area contributed by atoms with Gasteiger partial charge in [0.2, 0.25) is 5.89 Å². The van der Waals surface area contributed by atoms with Crippen molar-refractivity contribution in [3.05, 3.63) is 64.4 Å². The Morgan fingerprint density at radius 1 is 1.14 bits per heavy atom. The number of nitrogens with zero attached hydrogens (tertiary/aromatic N) is 2. The summed E-state index contributed by atoms with van der Waals surface area (Å²) in [5.74, 6) is 0.178. The lowest BCUT2D eigenvalue weighted by Gasteiger charge is -2.08. The zero-order valence-corrected chi connectivity index (χ0v) is 10.6. The smallest absolute Gasteiger partial charge is 0.421 e. The number of para-hydroxylation sites is 2. The van der Waals surface area contributed by atoms with Gasteiger partial charge in [0.05, 0.1) is 0 Å². The van der Waals surface area contributed by atoms with Crippen LogP contribution in [-0.4, -0.2) is 9.55 Å². The fourth-order valence-corrected chi connectivity index (χ4v) is 2.01. The average Bonchev–Trinajstić information content (AvgIpc) is 2.82. The topological polar surface area (TPSA) is 48.0 Å². The minimum absolute atomic E-state index is 0.155. The maximum absolute atomic E-state index is 12.7. The number of rotatable bonds is 2. The summed E-state index contributed by atoms with van der Waals surface area (Å²) in [6.07, 6.45) is -3.41. The van der Waals surface area contributed by atoms with E-state index in [9.17, 15) is 18.0 Å². The SMILES string of the molecule is O=c1c(C(F)(F)F)cccn1Cc1nc2ccccc2o1. The highest BCUT2D eigenvalue weighted by Gasteiger charge is 2.34. The van der Waals surface area contributed by atoms with E-state index >= 15 is 0 Å². The number of hydrogen-bond donors (Lipinski definition) is 0. The van der Waals surface area contributed by atoms with Crippen LogP contribution in [0.3, 0.4) is 0 Å². The van der Waals surface area contributed by atoms with E-state index in [-0.39, 0.29) is 12.4 Å². The van der Waals surface area contributed by atoms with Gasteiger partial charge in [0, 0.05) is 6.20 Å². The van der Waals surface area contributed by atoms with E-state index in [4.69, 9.17) is 4.42 Å². The summed E-state index contributed by atoms with van der Waals surface area (Å²) in [6.45, 7) is -0.155. The van der Waals surface area contributed by atoms with Gasteiger partial charge in [-0.1, -0.05) is 12.1 Å². The molecule has 3 rings (SSSR count). The quantitative estimate of drug-likeness (QED) is 0.730. The molecule has 0 radical (unpaired) electrons. The molecule has 0 fully saturated rings. The van der Waals surface area contributed by atoms with Gasteiger partial charge < -0.3 is 8.98 Å². The molecule has 2 heterocycles. The van der Waals surface area contributed by atoms with E-state index in [0.717, 1.165) is 10.6 Å². The van der Waals surface area contributed by atoms with Crippen LogP contribution in [0, 0.1) is 0 Å². The minimum Gasteiger partial charge on any atom is -0.439 e. The third-order valence-corrected chi connectivity index (χ3v) is 2.97. The minimum atomic E-state index is -4.68. The van der Waals surface area contributed by atoms with E-state index in [1.165, 1.54) is 12.3 Å². The molecule has 3 aromatic rings. The molecule has 0 aliphatic heterocycles. The summed E-state index contributed by atoms with van der Waals surface area (Å²) < 4.78 is 44.4. The number of pyridine rings is 1. The standard InChI is InChI=1S/C14H9F3N2O2/c15-14(16,17)9-4-3-7-19(13(9)20)8-12-18-10-5-1-2-6-11(10)21-12/h1-7H,8H2. The third kappa shape index (κ3) is 2.54. The number of aromatic nitrogens is 2. The van der Waals surface area contributed by atoms with Gasteiger partial charge in [-0.15, -0.1) is 0 Å². The van der Waals surface area contributed by atoms with Crippen molar-refractivity contribution in [2.45, 2.75) is 12.7 Å². The average molecular weight is 294 g/mol. The molecule has 0 spiro atoms. The Labute approximate surface area is 116 Å². The number of hydrogen-bond acceptors (Lipinski definition) is 3. The van der Waals surface area contributed by atoms with E-state index in [1.54, 1.807) is 24.3 Å². The molecule has 0 atom stereocenters.